The lowest BCUT2D eigenvalue weighted by atomic mass is 9.72. The molecule has 0 spiro atoms. The molecule has 1 aliphatic heterocycles. The average Bonchev–Trinajstić information content (AvgIpc) is 2.63. The topological polar surface area (TPSA) is 18.5 Å². The summed E-state index contributed by atoms with van der Waals surface area (Å²) in [7, 11) is 0. The molecule has 0 aromatic rings. The SMILES string of the molecule is CC1=C(/C=C/C(C)=C/C=C/C(C)=C/C2OCC(C)(C)CO2)C(C)(C)CCC1.CCC. The van der Waals surface area contributed by atoms with E-state index in [1.165, 1.54) is 36.8 Å². The van der Waals surface area contributed by atoms with Gasteiger partial charge in [0.2, 0.25) is 0 Å². The Morgan fingerprint density at radius 3 is 2.17 bits per heavy atom. The van der Waals surface area contributed by atoms with Crippen molar-refractivity contribution in [3.8, 4) is 0 Å². The quantitative estimate of drug-likeness (QED) is 0.421. The highest BCUT2D eigenvalue weighted by Crippen LogP contribution is 2.40. The first kappa shape index (κ1) is 26.7. The number of allylic oxidation sites excluding steroid dienone is 9. The monoisotopic (exact) mass is 414 g/mol. The molecule has 170 valence electrons. The molecular weight excluding hydrogens is 368 g/mol. The lowest BCUT2D eigenvalue weighted by Crippen LogP contribution is -2.36. The largest absolute Gasteiger partial charge is 0.348 e. The van der Waals surface area contributed by atoms with Gasteiger partial charge in [-0.15, -0.1) is 0 Å². The van der Waals surface area contributed by atoms with Gasteiger partial charge >= 0.3 is 0 Å². The van der Waals surface area contributed by atoms with E-state index < -0.39 is 0 Å². The second kappa shape index (κ2) is 12.5. The van der Waals surface area contributed by atoms with Gasteiger partial charge < -0.3 is 9.47 Å². The second-order valence-electron chi connectivity index (χ2n) is 10.3. The molecule has 2 nitrogen and oxygen atoms in total. The van der Waals surface area contributed by atoms with Crippen molar-refractivity contribution >= 4 is 0 Å². The van der Waals surface area contributed by atoms with Crippen molar-refractivity contribution in [1.82, 2.24) is 0 Å². The second-order valence-corrected chi connectivity index (χ2v) is 10.3. The van der Waals surface area contributed by atoms with Crippen LogP contribution in [-0.4, -0.2) is 19.5 Å². The first-order chi connectivity index (χ1) is 14.0. The van der Waals surface area contributed by atoms with E-state index >= 15 is 0 Å². The van der Waals surface area contributed by atoms with Crippen molar-refractivity contribution < 1.29 is 9.47 Å². The van der Waals surface area contributed by atoms with Crippen LogP contribution in [0.2, 0.25) is 0 Å². The summed E-state index contributed by atoms with van der Waals surface area (Å²) in [5.41, 5.74) is 5.87. The van der Waals surface area contributed by atoms with Crippen molar-refractivity contribution in [2.24, 2.45) is 10.8 Å². The molecule has 1 saturated heterocycles. The molecule has 0 unspecified atom stereocenters. The maximum absolute atomic E-state index is 5.76. The summed E-state index contributed by atoms with van der Waals surface area (Å²) in [5, 5.41) is 0. The van der Waals surface area contributed by atoms with Gasteiger partial charge in [-0.2, -0.15) is 0 Å². The van der Waals surface area contributed by atoms with Crippen molar-refractivity contribution in [2.75, 3.05) is 13.2 Å². The summed E-state index contributed by atoms with van der Waals surface area (Å²) in [6.45, 7) is 21.3. The zero-order valence-corrected chi connectivity index (χ0v) is 21.1. The van der Waals surface area contributed by atoms with Gasteiger partial charge in [-0.05, 0) is 57.1 Å². The molecule has 0 atom stereocenters. The van der Waals surface area contributed by atoms with Gasteiger partial charge in [0.05, 0.1) is 13.2 Å². The Balaban J connectivity index is 0.00000141. The van der Waals surface area contributed by atoms with Crippen LogP contribution in [0.4, 0.5) is 0 Å². The third-order valence-corrected chi connectivity index (χ3v) is 5.45. The Bertz CT molecular complexity index is 673. The first-order valence-corrected chi connectivity index (χ1v) is 11.7. The molecule has 1 aliphatic carbocycles. The molecule has 1 heterocycles. The third-order valence-electron chi connectivity index (χ3n) is 5.45. The molecule has 30 heavy (non-hydrogen) atoms. The van der Waals surface area contributed by atoms with Gasteiger partial charge in [0, 0.05) is 5.41 Å². The van der Waals surface area contributed by atoms with E-state index in [0.29, 0.717) is 5.41 Å². The Kier molecular flexibility index (Phi) is 11.1. The minimum Gasteiger partial charge on any atom is -0.348 e. The number of hydrogen-bond acceptors (Lipinski definition) is 2. The van der Waals surface area contributed by atoms with Crippen LogP contribution in [0.3, 0.4) is 0 Å². The predicted octanol–water partition coefficient (Wildman–Crippen LogP) is 8.33. The van der Waals surface area contributed by atoms with Crippen LogP contribution in [0.25, 0.3) is 0 Å². The van der Waals surface area contributed by atoms with E-state index in [-0.39, 0.29) is 11.7 Å². The first-order valence-electron chi connectivity index (χ1n) is 11.7. The van der Waals surface area contributed by atoms with Gasteiger partial charge in [-0.25, -0.2) is 0 Å². The normalized spacial score (nSPS) is 23.1. The number of ether oxygens (including phenoxy) is 2. The fourth-order valence-electron chi connectivity index (χ4n) is 3.70. The highest BCUT2D eigenvalue weighted by atomic mass is 16.7. The van der Waals surface area contributed by atoms with Crippen LogP contribution in [0.15, 0.2) is 58.7 Å². The third kappa shape index (κ3) is 9.62. The van der Waals surface area contributed by atoms with Gasteiger partial charge in [0.15, 0.2) is 6.29 Å². The summed E-state index contributed by atoms with van der Waals surface area (Å²) in [4.78, 5) is 0. The predicted molar refractivity (Wildman–Crippen MR) is 132 cm³/mol. The standard InChI is InChI=1S/C25H38O2.C3H8/c1-19(13-14-22-21(3)12-9-15-25(22,6)7)10-8-11-20(2)16-23-26-17-24(4,5)18-27-23;1-3-2/h8,10-11,13-14,16,23H,9,12,15,17-18H2,1-7H3;3H2,1-2H3/b11-8+,14-13+,19-10+,20-16+;. The van der Waals surface area contributed by atoms with E-state index in [4.69, 9.17) is 9.47 Å². The summed E-state index contributed by atoms with van der Waals surface area (Å²) < 4.78 is 11.5. The van der Waals surface area contributed by atoms with Gasteiger partial charge in [0.1, 0.15) is 0 Å². The Morgan fingerprint density at radius 2 is 1.60 bits per heavy atom. The maximum atomic E-state index is 5.76. The van der Waals surface area contributed by atoms with Crippen molar-refractivity contribution in [3.63, 3.8) is 0 Å². The molecule has 0 aromatic carbocycles. The molecule has 2 rings (SSSR count). The van der Waals surface area contributed by atoms with Crippen molar-refractivity contribution in [2.45, 2.75) is 94.3 Å². The Labute approximate surface area is 186 Å². The lowest BCUT2D eigenvalue weighted by Gasteiger charge is -2.33. The Hall–Kier alpha value is -1.38. The van der Waals surface area contributed by atoms with Crippen LogP contribution in [0.5, 0.6) is 0 Å². The molecule has 0 aromatic heterocycles. The average molecular weight is 415 g/mol. The van der Waals surface area contributed by atoms with Crippen LogP contribution < -0.4 is 0 Å². The number of hydrogen-bond donors (Lipinski definition) is 0. The fraction of sp³-hybridized carbons (Fsp3) is 0.643. The Morgan fingerprint density at radius 1 is 1.00 bits per heavy atom. The van der Waals surface area contributed by atoms with E-state index in [1.54, 1.807) is 5.57 Å². The van der Waals surface area contributed by atoms with E-state index in [1.807, 2.05) is 6.08 Å². The van der Waals surface area contributed by atoms with Crippen molar-refractivity contribution in [3.05, 3.63) is 58.7 Å². The molecule has 0 saturated carbocycles. The van der Waals surface area contributed by atoms with E-state index in [9.17, 15) is 0 Å². The zero-order valence-electron chi connectivity index (χ0n) is 21.1. The van der Waals surface area contributed by atoms with Gasteiger partial charge in [-0.1, -0.05) is 95.1 Å². The minimum atomic E-state index is -0.226. The molecule has 0 amide bonds. The molecule has 0 N–H and O–H groups in total. The van der Waals surface area contributed by atoms with Gasteiger partial charge in [-0.3, -0.25) is 0 Å². The lowest BCUT2D eigenvalue weighted by molar-refractivity contribution is -0.197. The molecule has 1 fully saturated rings. The summed E-state index contributed by atoms with van der Waals surface area (Å²) in [6, 6.07) is 0. The highest BCUT2D eigenvalue weighted by molar-refractivity contribution is 5.37. The van der Waals surface area contributed by atoms with Crippen LogP contribution in [-0.2, 0) is 9.47 Å². The highest BCUT2D eigenvalue weighted by Gasteiger charge is 2.27. The van der Waals surface area contributed by atoms with Crippen LogP contribution in [0.1, 0.15) is 88.0 Å². The molecule has 0 radical (unpaired) electrons. The molecule has 0 bridgehead atoms. The van der Waals surface area contributed by atoms with Crippen molar-refractivity contribution in [1.29, 1.82) is 0 Å². The smallest absolute Gasteiger partial charge is 0.177 e. The molecule has 2 aliphatic rings. The maximum Gasteiger partial charge on any atom is 0.177 e. The fourth-order valence-corrected chi connectivity index (χ4v) is 3.70. The molecule has 2 heteroatoms. The summed E-state index contributed by atoms with van der Waals surface area (Å²) >= 11 is 0. The van der Waals surface area contributed by atoms with E-state index in [2.05, 4.69) is 92.7 Å². The van der Waals surface area contributed by atoms with E-state index in [0.717, 1.165) is 18.8 Å². The van der Waals surface area contributed by atoms with Gasteiger partial charge in [0.25, 0.3) is 0 Å². The zero-order chi connectivity index (χ0) is 22.8. The molecular formula is C28H46O2. The van der Waals surface area contributed by atoms with Crippen LogP contribution in [0, 0.1) is 10.8 Å². The number of rotatable bonds is 5. The summed E-state index contributed by atoms with van der Waals surface area (Å²) in [6.07, 6.45) is 17.8. The van der Waals surface area contributed by atoms with Crippen LogP contribution >= 0.6 is 0 Å². The minimum absolute atomic E-state index is 0.112. The summed E-state index contributed by atoms with van der Waals surface area (Å²) in [5.74, 6) is 0.